The van der Waals surface area contributed by atoms with Gasteiger partial charge in [-0.25, -0.2) is 9.78 Å². The lowest BCUT2D eigenvalue weighted by molar-refractivity contribution is 0.0691. The summed E-state index contributed by atoms with van der Waals surface area (Å²) in [5, 5.41) is 8.20. The van der Waals surface area contributed by atoms with Crippen molar-refractivity contribution in [3.05, 3.63) is 18.2 Å². The summed E-state index contributed by atoms with van der Waals surface area (Å²) in [7, 11) is 0. The maximum Gasteiger partial charge on any atom is 0.353 e. The number of carboxylic acid groups (broad SMARTS) is 1. The van der Waals surface area contributed by atoms with Gasteiger partial charge >= 0.3 is 5.97 Å². The summed E-state index contributed by atoms with van der Waals surface area (Å²) in [6.45, 7) is 0. The van der Waals surface area contributed by atoms with Gasteiger partial charge in [0.1, 0.15) is 5.69 Å². The van der Waals surface area contributed by atoms with Crippen molar-refractivity contribution in [2.45, 2.75) is 19.3 Å². The molecule has 4 nitrogen and oxygen atoms in total. The quantitative estimate of drug-likeness (QED) is 0.640. The molecule has 4 heteroatoms. The van der Waals surface area contributed by atoms with Crippen molar-refractivity contribution in [1.82, 2.24) is 9.97 Å². The van der Waals surface area contributed by atoms with Crippen molar-refractivity contribution in [2.24, 2.45) is 0 Å². The lowest BCUT2D eigenvalue weighted by atomic mass is 10.5. The van der Waals surface area contributed by atoms with Gasteiger partial charge in [0.2, 0.25) is 0 Å². The minimum atomic E-state index is -0.984. The molecule has 0 unspecified atom stereocenters. The van der Waals surface area contributed by atoms with Crippen molar-refractivity contribution in [3.8, 4) is 0 Å². The van der Waals surface area contributed by atoms with Crippen LogP contribution in [-0.2, 0) is 0 Å². The fourth-order valence-corrected chi connectivity index (χ4v) is 0.373. The molecule has 60 valence electrons. The molecule has 0 aliphatic heterocycles. The van der Waals surface area contributed by atoms with Crippen LogP contribution < -0.4 is 0 Å². The molecule has 1 aromatic heterocycles. The van der Waals surface area contributed by atoms with Crippen LogP contribution in [0.2, 0.25) is 0 Å². The zero-order valence-electron chi connectivity index (χ0n) is 6.08. The maximum absolute atomic E-state index is 9.99. The molecule has 0 amide bonds. The molecule has 11 heavy (non-hydrogen) atoms. The molecule has 0 radical (unpaired) electrons. The first-order valence-electron chi connectivity index (χ1n) is 3.52. The molecular weight excluding hydrogens is 144 g/mol. The van der Waals surface area contributed by atoms with Crippen LogP contribution in [-0.4, -0.2) is 21.0 Å². The number of H-pyrrole nitrogens is 1. The van der Waals surface area contributed by atoms with Gasteiger partial charge in [0.05, 0.1) is 12.5 Å². The summed E-state index contributed by atoms with van der Waals surface area (Å²) in [5.41, 5.74) is 0.116. The summed E-state index contributed by atoms with van der Waals surface area (Å²) >= 11 is 0. The number of carbonyl (C=O) groups is 1. The van der Waals surface area contributed by atoms with Crippen LogP contribution in [0.4, 0.5) is 0 Å². The smallest absolute Gasteiger partial charge is 0.353 e. The van der Waals surface area contributed by atoms with Crippen LogP contribution in [0.15, 0.2) is 12.5 Å². The number of aromatic carboxylic acids is 1. The van der Waals surface area contributed by atoms with E-state index in [0.717, 1.165) is 0 Å². The maximum atomic E-state index is 9.99. The molecule has 1 heterocycles. The van der Waals surface area contributed by atoms with Crippen molar-refractivity contribution in [1.29, 1.82) is 0 Å². The number of carboxylic acids is 1. The van der Waals surface area contributed by atoms with E-state index in [1.807, 2.05) is 0 Å². The fraction of sp³-hybridized carbons (Fsp3) is 0.429. The molecule has 2 rings (SSSR count). The van der Waals surface area contributed by atoms with E-state index in [0.29, 0.717) is 0 Å². The third-order valence-electron chi connectivity index (χ3n) is 1.08. The number of nitrogens with one attached hydrogen (secondary N) is 1. The highest BCUT2D eigenvalue weighted by Crippen LogP contribution is 2.14. The summed E-state index contributed by atoms with van der Waals surface area (Å²) in [5.74, 6) is -0.984. The van der Waals surface area contributed by atoms with Gasteiger partial charge in [-0.15, -0.1) is 0 Å². The predicted octanol–water partition coefficient (Wildman–Crippen LogP) is 1.28. The van der Waals surface area contributed by atoms with Crippen LogP contribution >= 0.6 is 0 Å². The van der Waals surface area contributed by atoms with Crippen LogP contribution in [0.1, 0.15) is 29.8 Å². The number of hydrogen-bond donors (Lipinski definition) is 2. The molecule has 0 bridgehead atoms. The molecule has 1 aliphatic rings. The van der Waals surface area contributed by atoms with E-state index in [2.05, 4.69) is 9.97 Å². The molecule has 0 aromatic carbocycles. The van der Waals surface area contributed by atoms with Gasteiger partial charge in [-0.05, 0) is 0 Å². The number of imidazole rings is 1. The van der Waals surface area contributed by atoms with Gasteiger partial charge < -0.3 is 10.1 Å². The highest BCUT2D eigenvalue weighted by atomic mass is 16.4. The minimum absolute atomic E-state index is 0.116. The molecule has 2 N–H and O–H groups in total. The van der Waals surface area contributed by atoms with Crippen molar-refractivity contribution < 1.29 is 9.90 Å². The van der Waals surface area contributed by atoms with Crippen LogP contribution in [0, 0.1) is 0 Å². The predicted molar refractivity (Wildman–Crippen MR) is 39.4 cm³/mol. The monoisotopic (exact) mass is 154 g/mol. The van der Waals surface area contributed by atoms with Gasteiger partial charge in [-0.3, -0.25) is 0 Å². The number of hydrogen-bond acceptors (Lipinski definition) is 2. The van der Waals surface area contributed by atoms with E-state index >= 15 is 0 Å². The van der Waals surface area contributed by atoms with Gasteiger partial charge in [0.15, 0.2) is 0 Å². The van der Waals surface area contributed by atoms with E-state index in [1.54, 1.807) is 0 Å². The van der Waals surface area contributed by atoms with Crippen molar-refractivity contribution >= 4 is 5.97 Å². The molecule has 1 saturated carbocycles. The standard InChI is InChI=1S/C4H4N2O2.C3H6/c7-4(8)3-1-5-2-6-3;1-2-3-1/h1-2H,(H,5,6)(H,7,8);1-3H2. The Bertz CT molecular complexity index is 214. The molecule has 1 aliphatic carbocycles. The number of aromatic amines is 1. The summed E-state index contributed by atoms with van der Waals surface area (Å²) in [6.07, 6.45) is 7.08. The minimum Gasteiger partial charge on any atom is -0.477 e. The first kappa shape index (κ1) is 7.78. The molecule has 0 spiro atoms. The topological polar surface area (TPSA) is 66.0 Å². The van der Waals surface area contributed by atoms with Crippen LogP contribution in [0.5, 0.6) is 0 Å². The largest absolute Gasteiger partial charge is 0.477 e. The molecule has 0 saturated heterocycles. The normalized spacial score (nSPS) is 13.1. The first-order valence-corrected chi connectivity index (χ1v) is 3.52. The number of aromatic nitrogens is 2. The average Bonchev–Trinajstić information content (AvgIpc) is 2.74. The number of rotatable bonds is 1. The fourth-order valence-electron chi connectivity index (χ4n) is 0.373. The van der Waals surface area contributed by atoms with E-state index in [4.69, 9.17) is 5.11 Å². The van der Waals surface area contributed by atoms with Gasteiger partial charge in [0.25, 0.3) is 0 Å². The Labute approximate surface area is 64.3 Å². The highest BCUT2D eigenvalue weighted by molar-refractivity contribution is 5.84. The zero-order chi connectivity index (χ0) is 8.10. The third kappa shape index (κ3) is 3.40. The third-order valence-corrected chi connectivity index (χ3v) is 1.08. The SMILES string of the molecule is C1CC1.O=C(O)c1cnc[nH]1. The molecular formula is C7H10N2O2. The van der Waals surface area contributed by atoms with E-state index in [9.17, 15) is 4.79 Å². The second-order valence-corrected chi connectivity index (χ2v) is 2.33. The van der Waals surface area contributed by atoms with Gasteiger partial charge in [-0.2, -0.15) is 0 Å². The Kier molecular flexibility index (Phi) is 2.66. The Morgan fingerprint density at radius 1 is 1.55 bits per heavy atom. The van der Waals surface area contributed by atoms with Gasteiger partial charge in [-0.1, -0.05) is 19.3 Å². The first-order chi connectivity index (χ1) is 5.30. The number of nitrogens with zero attached hydrogens (tertiary/aromatic N) is 1. The van der Waals surface area contributed by atoms with Crippen molar-refractivity contribution in [2.75, 3.05) is 0 Å². The van der Waals surface area contributed by atoms with E-state index in [-0.39, 0.29) is 5.69 Å². The van der Waals surface area contributed by atoms with Crippen LogP contribution in [0.3, 0.4) is 0 Å². The Balaban J connectivity index is 0.000000167. The molecule has 1 fully saturated rings. The molecule has 0 atom stereocenters. The lowest BCUT2D eigenvalue weighted by Gasteiger charge is -1.79. The van der Waals surface area contributed by atoms with Gasteiger partial charge in [0, 0.05) is 0 Å². The van der Waals surface area contributed by atoms with E-state index in [1.165, 1.54) is 31.8 Å². The zero-order valence-corrected chi connectivity index (χ0v) is 6.08. The van der Waals surface area contributed by atoms with E-state index < -0.39 is 5.97 Å². The summed E-state index contributed by atoms with van der Waals surface area (Å²) in [6, 6.07) is 0. The summed E-state index contributed by atoms with van der Waals surface area (Å²) in [4.78, 5) is 15.9. The summed E-state index contributed by atoms with van der Waals surface area (Å²) < 4.78 is 0. The van der Waals surface area contributed by atoms with Crippen LogP contribution in [0.25, 0.3) is 0 Å². The Hall–Kier alpha value is -1.32. The Morgan fingerprint density at radius 2 is 2.18 bits per heavy atom. The molecule has 1 aromatic rings. The average molecular weight is 154 g/mol. The second kappa shape index (κ2) is 3.75. The van der Waals surface area contributed by atoms with Crippen molar-refractivity contribution in [3.63, 3.8) is 0 Å². The highest BCUT2D eigenvalue weighted by Gasteiger charge is 1.99. The lowest BCUT2D eigenvalue weighted by Crippen LogP contribution is -1.94. The second-order valence-electron chi connectivity index (χ2n) is 2.33. The Morgan fingerprint density at radius 3 is 2.36 bits per heavy atom.